The van der Waals surface area contributed by atoms with E-state index in [1.54, 1.807) is 31.2 Å². The molecule has 0 aliphatic carbocycles. The lowest BCUT2D eigenvalue weighted by Gasteiger charge is -2.23. The summed E-state index contributed by atoms with van der Waals surface area (Å²) >= 11 is 0. The maximum absolute atomic E-state index is 12.6. The number of amides is 1. The SMILES string of the molecule is CCC(C)(C)c1ccc(OC(=O)[C@@H]2CC(=O)N(c3ccc(C)c([N+](=O)[O-])c3)C2)cc1. The van der Waals surface area contributed by atoms with E-state index in [2.05, 4.69) is 20.8 Å². The van der Waals surface area contributed by atoms with E-state index in [1.807, 2.05) is 12.1 Å². The topological polar surface area (TPSA) is 89.8 Å². The first kappa shape index (κ1) is 21.5. The van der Waals surface area contributed by atoms with Crippen molar-refractivity contribution in [3.63, 3.8) is 0 Å². The normalized spacial score (nSPS) is 16.6. The molecule has 1 saturated heterocycles. The number of aryl methyl sites for hydroxylation is 1. The van der Waals surface area contributed by atoms with Crippen LogP contribution in [0.1, 0.15) is 44.7 Å². The molecule has 0 radical (unpaired) electrons. The minimum atomic E-state index is -0.621. The molecule has 2 aromatic carbocycles. The van der Waals surface area contributed by atoms with Gasteiger partial charge in [-0.25, -0.2) is 0 Å². The number of hydrogen-bond donors (Lipinski definition) is 0. The third-order valence-electron chi connectivity index (χ3n) is 5.90. The second-order valence-corrected chi connectivity index (χ2v) is 8.32. The van der Waals surface area contributed by atoms with Crippen LogP contribution in [0.3, 0.4) is 0 Å². The van der Waals surface area contributed by atoms with E-state index in [4.69, 9.17) is 4.74 Å². The number of nitro groups is 1. The molecule has 1 aliphatic rings. The van der Waals surface area contributed by atoms with Crippen LogP contribution in [-0.4, -0.2) is 23.3 Å². The zero-order chi connectivity index (χ0) is 22.1. The molecule has 1 aliphatic heterocycles. The number of nitrogens with zero attached hydrogens (tertiary/aromatic N) is 2. The van der Waals surface area contributed by atoms with Crippen LogP contribution >= 0.6 is 0 Å². The van der Waals surface area contributed by atoms with Gasteiger partial charge >= 0.3 is 5.97 Å². The van der Waals surface area contributed by atoms with Crippen LogP contribution in [0, 0.1) is 23.0 Å². The number of carbonyl (C=O) groups is 2. The zero-order valence-corrected chi connectivity index (χ0v) is 17.7. The predicted molar refractivity (Wildman–Crippen MR) is 114 cm³/mol. The summed E-state index contributed by atoms with van der Waals surface area (Å²) in [6, 6.07) is 12.1. The lowest BCUT2D eigenvalue weighted by Crippen LogP contribution is -2.27. The molecular weight excluding hydrogens is 384 g/mol. The Hall–Kier alpha value is -3.22. The van der Waals surface area contributed by atoms with E-state index in [0.717, 1.165) is 12.0 Å². The maximum Gasteiger partial charge on any atom is 0.316 e. The Balaban J connectivity index is 1.70. The second kappa shape index (κ2) is 8.26. The minimum Gasteiger partial charge on any atom is -0.426 e. The Labute approximate surface area is 175 Å². The number of carbonyl (C=O) groups excluding carboxylic acids is 2. The van der Waals surface area contributed by atoms with E-state index >= 15 is 0 Å². The molecule has 1 fully saturated rings. The second-order valence-electron chi connectivity index (χ2n) is 8.32. The maximum atomic E-state index is 12.6. The average Bonchev–Trinajstić information content (AvgIpc) is 3.10. The molecule has 0 spiro atoms. The van der Waals surface area contributed by atoms with Gasteiger partial charge in [0.15, 0.2) is 0 Å². The van der Waals surface area contributed by atoms with Crippen molar-refractivity contribution in [3.8, 4) is 5.75 Å². The van der Waals surface area contributed by atoms with Crippen LogP contribution < -0.4 is 9.64 Å². The summed E-state index contributed by atoms with van der Waals surface area (Å²) in [6.45, 7) is 8.21. The molecule has 7 nitrogen and oxygen atoms in total. The van der Waals surface area contributed by atoms with Crippen LogP contribution in [0.5, 0.6) is 5.75 Å². The summed E-state index contributed by atoms with van der Waals surface area (Å²) in [4.78, 5) is 37.1. The summed E-state index contributed by atoms with van der Waals surface area (Å²) in [5.41, 5.74) is 2.08. The van der Waals surface area contributed by atoms with E-state index in [-0.39, 0.29) is 30.0 Å². The summed E-state index contributed by atoms with van der Waals surface area (Å²) < 4.78 is 5.49. The number of benzene rings is 2. The number of esters is 1. The third kappa shape index (κ3) is 4.35. The first-order valence-electron chi connectivity index (χ1n) is 10.00. The molecule has 0 saturated carbocycles. The van der Waals surface area contributed by atoms with Crippen LogP contribution in [-0.2, 0) is 15.0 Å². The van der Waals surface area contributed by atoms with Gasteiger partial charge in [-0.3, -0.25) is 19.7 Å². The first-order valence-corrected chi connectivity index (χ1v) is 10.00. The largest absolute Gasteiger partial charge is 0.426 e. The van der Waals surface area contributed by atoms with Crippen molar-refractivity contribution in [2.75, 3.05) is 11.4 Å². The Morgan fingerprint density at radius 1 is 1.23 bits per heavy atom. The van der Waals surface area contributed by atoms with E-state index < -0.39 is 16.8 Å². The van der Waals surface area contributed by atoms with Gasteiger partial charge in [0.1, 0.15) is 5.75 Å². The quantitative estimate of drug-likeness (QED) is 0.302. The number of hydrogen-bond acceptors (Lipinski definition) is 5. The molecule has 1 atom stereocenters. The van der Waals surface area contributed by atoms with Crippen LogP contribution in [0.25, 0.3) is 0 Å². The highest BCUT2D eigenvalue weighted by Gasteiger charge is 2.37. The fourth-order valence-electron chi connectivity index (χ4n) is 3.46. The Bertz CT molecular complexity index is 982. The number of rotatable bonds is 6. The minimum absolute atomic E-state index is 0.0153. The molecule has 0 bridgehead atoms. The fourth-order valence-corrected chi connectivity index (χ4v) is 3.46. The lowest BCUT2D eigenvalue weighted by molar-refractivity contribution is -0.385. The van der Waals surface area contributed by atoms with Gasteiger partial charge in [0, 0.05) is 24.6 Å². The smallest absolute Gasteiger partial charge is 0.316 e. The highest BCUT2D eigenvalue weighted by molar-refractivity contribution is 6.00. The van der Waals surface area contributed by atoms with Crippen LogP contribution in [0.2, 0.25) is 0 Å². The molecule has 7 heteroatoms. The van der Waals surface area contributed by atoms with E-state index in [1.165, 1.54) is 11.0 Å². The van der Waals surface area contributed by atoms with Crippen molar-refractivity contribution in [1.29, 1.82) is 0 Å². The Morgan fingerprint density at radius 3 is 2.50 bits per heavy atom. The number of nitro benzene ring substituents is 1. The third-order valence-corrected chi connectivity index (χ3v) is 5.90. The van der Waals surface area contributed by atoms with Gasteiger partial charge in [0.2, 0.25) is 5.91 Å². The van der Waals surface area contributed by atoms with Crippen molar-refractivity contribution in [2.45, 2.75) is 46.0 Å². The van der Waals surface area contributed by atoms with Crippen molar-refractivity contribution >= 4 is 23.3 Å². The summed E-state index contributed by atoms with van der Waals surface area (Å²) in [5, 5.41) is 11.2. The molecule has 0 aromatic heterocycles. The van der Waals surface area contributed by atoms with Crippen LogP contribution in [0.4, 0.5) is 11.4 Å². The van der Waals surface area contributed by atoms with E-state index in [9.17, 15) is 19.7 Å². The molecule has 1 amide bonds. The molecule has 30 heavy (non-hydrogen) atoms. The standard InChI is InChI=1S/C23H26N2O5/c1-5-23(3,4)17-7-10-19(11-8-17)30-22(27)16-12-21(26)24(14-16)18-9-6-15(2)20(13-18)25(28)29/h6-11,13,16H,5,12,14H2,1-4H3/t16-/m1/s1. The van der Waals surface area contributed by atoms with Gasteiger partial charge in [-0.15, -0.1) is 0 Å². The zero-order valence-electron chi connectivity index (χ0n) is 17.7. The molecule has 0 N–H and O–H groups in total. The van der Waals surface area contributed by atoms with Gasteiger partial charge in [-0.05, 0) is 42.5 Å². The molecule has 0 unspecified atom stereocenters. The molecule has 3 rings (SSSR count). The number of anilines is 1. The number of ether oxygens (including phenoxy) is 1. The average molecular weight is 410 g/mol. The summed E-state index contributed by atoms with van der Waals surface area (Å²) in [5.74, 6) is -0.915. The highest BCUT2D eigenvalue weighted by Crippen LogP contribution is 2.31. The van der Waals surface area contributed by atoms with Crippen LogP contribution in [0.15, 0.2) is 42.5 Å². The van der Waals surface area contributed by atoms with E-state index in [0.29, 0.717) is 17.0 Å². The predicted octanol–water partition coefficient (Wildman–Crippen LogP) is 4.55. The summed E-state index contributed by atoms with van der Waals surface area (Å²) in [6.07, 6.45) is 1.00. The molecule has 2 aromatic rings. The molecular formula is C23H26N2O5. The Morgan fingerprint density at radius 2 is 1.90 bits per heavy atom. The molecule has 1 heterocycles. The van der Waals surface area contributed by atoms with Crippen molar-refractivity contribution < 1.29 is 19.2 Å². The molecule has 158 valence electrons. The van der Waals surface area contributed by atoms with Gasteiger partial charge < -0.3 is 9.64 Å². The van der Waals surface area contributed by atoms with Crippen molar-refractivity contribution in [3.05, 3.63) is 63.7 Å². The van der Waals surface area contributed by atoms with Gasteiger partial charge in [0.25, 0.3) is 5.69 Å². The monoisotopic (exact) mass is 410 g/mol. The highest BCUT2D eigenvalue weighted by atomic mass is 16.6. The van der Waals surface area contributed by atoms with Gasteiger partial charge in [0.05, 0.1) is 16.5 Å². The summed E-state index contributed by atoms with van der Waals surface area (Å²) in [7, 11) is 0. The van der Waals surface area contributed by atoms with Gasteiger partial charge in [-0.1, -0.05) is 39.0 Å². The van der Waals surface area contributed by atoms with Crippen molar-refractivity contribution in [1.82, 2.24) is 0 Å². The lowest BCUT2D eigenvalue weighted by atomic mass is 9.82. The van der Waals surface area contributed by atoms with Crippen molar-refractivity contribution in [2.24, 2.45) is 5.92 Å². The van der Waals surface area contributed by atoms with Gasteiger partial charge in [-0.2, -0.15) is 0 Å². The Kier molecular flexibility index (Phi) is 5.92. The first-order chi connectivity index (χ1) is 14.1. The fraction of sp³-hybridized carbons (Fsp3) is 0.391.